The highest BCUT2D eigenvalue weighted by Crippen LogP contribution is 2.38. The zero-order chi connectivity index (χ0) is 20.7. The smallest absolute Gasteiger partial charge is 0.179 e. The summed E-state index contributed by atoms with van der Waals surface area (Å²) in [6.45, 7) is 3.70. The van der Waals surface area contributed by atoms with E-state index in [-0.39, 0.29) is 17.3 Å². The van der Waals surface area contributed by atoms with Gasteiger partial charge in [0.2, 0.25) is 0 Å². The Morgan fingerprint density at radius 2 is 1.79 bits per heavy atom. The van der Waals surface area contributed by atoms with Crippen LogP contribution in [0.2, 0.25) is 0 Å². The van der Waals surface area contributed by atoms with Crippen LogP contribution in [0.1, 0.15) is 13.3 Å². The molecule has 0 saturated carbocycles. The molecular formula is C20H21F2N5O2. The number of methoxy groups -OCH3 is 2. The largest absolute Gasteiger partial charge is 0.494 e. The number of fused-ring (bicyclic) bond motifs is 1. The van der Waals surface area contributed by atoms with Gasteiger partial charge in [0.05, 0.1) is 31.5 Å². The van der Waals surface area contributed by atoms with E-state index in [1.165, 1.54) is 20.4 Å². The van der Waals surface area contributed by atoms with Crippen molar-refractivity contribution in [2.45, 2.75) is 13.3 Å². The summed E-state index contributed by atoms with van der Waals surface area (Å²) >= 11 is 0. The Labute approximate surface area is 166 Å². The molecule has 0 spiro atoms. The summed E-state index contributed by atoms with van der Waals surface area (Å²) in [5, 5.41) is 0.686. The maximum Gasteiger partial charge on any atom is 0.179 e. The van der Waals surface area contributed by atoms with Crippen molar-refractivity contribution in [1.29, 1.82) is 0 Å². The molecule has 2 N–H and O–H groups in total. The van der Waals surface area contributed by atoms with E-state index in [0.717, 1.165) is 25.6 Å². The van der Waals surface area contributed by atoms with Gasteiger partial charge in [0.15, 0.2) is 29.0 Å². The van der Waals surface area contributed by atoms with E-state index in [9.17, 15) is 0 Å². The first-order valence-corrected chi connectivity index (χ1v) is 9.21. The number of nitrogens with two attached hydrogens (primary N) is 1. The average molecular weight is 401 g/mol. The molecule has 1 aliphatic rings. The van der Waals surface area contributed by atoms with E-state index in [4.69, 9.17) is 15.2 Å². The third-order valence-electron chi connectivity index (χ3n) is 5.10. The number of aromatic nitrogens is 3. The first-order valence-electron chi connectivity index (χ1n) is 9.21. The summed E-state index contributed by atoms with van der Waals surface area (Å²) in [5.41, 5.74) is 5.89. The number of nitrogen functional groups attached to an aromatic ring is 1. The van der Waals surface area contributed by atoms with Crippen molar-refractivity contribution in [2.75, 3.05) is 37.9 Å². The normalized spacial score (nSPS) is 16.4. The van der Waals surface area contributed by atoms with Crippen molar-refractivity contribution in [1.82, 2.24) is 15.0 Å². The van der Waals surface area contributed by atoms with Crippen LogP contribution in [-0.4, -0.2) is 42.3 Å². The SMILES string of the molecule is COc1cc(OC)c(F)c(-c2nc(N3CCC(C)C3)c3cc(N)ncc3n2)c1F. The van der Waals surface area contributed by atoms with Gasteiger partial charge in [0, 0.05) is 24.5 Å². The average Bonchev–Trinajstić information content (AvgIpc) is 3.14. The number of nitrogens with zero attached hydrogens (tertiary/aromatic N) is 4. The number of pyridine rings is 1. The Hall–Kier alpha value is -3.23. The van der Waals surface area contributed by atoms with Crippen molar-refractivity contribution < 1.29 is 18.3 Å². The van der Waals surface area contributed by atoms with E-state index in [0.29, 0.717) is 28.5 Å². The zero-order valence-corrected chi connectivity index (χ0v) is 16.4. The lowest BCUT2D eigenvalue weighted by Crippen LogP contribution is -2.21. The molecule has 4 rings (SSSR count). The van der Waals surface area contributed by atoms with Gasteiger partial charge in [0.25, 0.3) is 0 Å². The molecule has 0 radical (unpaired) electrons. The van der Waals surface area contributed by atoms with Crippen molar-refractivity contribution in [3.05, 3.63) is 30.0 Å². The maximum atomic E-state index is 15.0. The molecule has 2 aromatic heterocycles. The van der Waals surface area contributed by atoms with Gasteiger partial charge in [-0.15, -0.1) is 0 Å². The molecule has 0 bridgehead atoms. The summed E-state index contributed by atoms with van der Waals surface area (Å²) in [7, 11) is 2.59. The molecule has 29 heavy (non-hydrogen) atoms. The molecule has 1 fully saturated rings. The Morgan fingerprint density at radius 1 is 1.10 bits per heavy atom. The monoisotopic (exact) mass is 401 g/mol. The molecule has 0 aliphatic carbocycles. The molecule has 1 aromatic carbocycles. The summed E-state index contributed by atoms with van der Waals surface area (Å²) in [4.78, 5) is 15.0. The van der Waals surface area contributed by atoms with Gasteiger partial charge < -0.3 is 20.1 Å². The number of hydrogen-bond acceptors (Lipinski definition) is 7. The highest BCUT2D eigenvalue weighted by molar-refractivity contribution is 5.92. The fourth-order valence-corrected chi connectivity index (χ4v) is 3.59. The Balaban J connectivity index is 2.00. The first kappa shape index (κ1) is 19.1. The number of hydrogen-bond donors (Lipinski definition) is 1. The highest BCUT2D eigenvalue weighted by atomic mass is 19.1. The van der Waals surface area contributed by atoms with Gasteiger partial charge in [-0.2, -0.15) is 0 Å². The highest BCUT2D eigenvalue weighted by Gasteiger charge is 2.27. The van der Waals surface area contributed by atoms with Crippen molar-refractivity contribution in [2.24, 2.45) is 5.92 Å². The minimum atomic E-state index is -0.894. The summed E-state index contributed by atoms with van der Waals surface area (Å²) in [6, 6.07) is 2.83. The minimum Gasteiger partial charge on any atom is -0.494 e. The van der Waals surface area contributed by atoms with E-state index in [2.05, 4.69) is 26.8 Å². The molecular weight excluding hydrogens is 380 g/mol. The summed E-state index contributed by atoms with van der Waals surface area (Å²) in [6.07, 6.45) is 2.48. The molecule has 1 atom stereocenters. The van der Waals surface area contributed by atoms with Gasteiger partial charge in [-0.25, -0.2) is 23.7 Å². The van der Waals surface area contributed by atoms with Crippen LogP contribution in [0.15, 0.2) is 18.3 Å². The molecule has 9 heteroatoms. The number of rotatable bonds is 4. The van der Waals surface area contributed by atoms with Crippen LogP contribution in [-0.2, 0) is 0 Å². The van der Waals surface area contributed by atoms with Crippen LogP contribution in [0.3, 0.4) is 0 Å². The number of ether oxygens (including phenoxy) is 2. The van der Waals surface area contributed by atoms with Gasteiger partial charge >= 0.3 is 0 Å². The van der Waals surface area contributed by atoms with Crippen molar-refractivity contribution in [3.8, 4) is 22.9 Å². The topological polar surface area (TPSA) is 86.4 Å². The summed E-state index contributed by atoms with van der Waals surface area (Å²) in [5.74, 6) is -0.836. The fourth-order valence-electron chi connectivity index (χ4n) is 3.59. The number of anilines is 2. The molecule has 3 heterocycles. The third kappa shape index (κ3) is 3.26. The third-order valence-corrected chi connectivity index (χ3v) is 5.10. The number of halogens is 2. The second-order valence-electron chi connectivity index (χ2n) is 7.12. The predicted molar refractivity (Wildman–Crippen MR) is 106 cm³/mol. The Kier molecular flexibility index (Phi) is 4.81. The molecule has 3 aromatic rings. The van der Waals surface area contributed by atoms with Crippen LogP contribution < -0.4 is 20.1 Å². The van der Waals surface area contributed by atoms with Gasteiger partial charge in [-0.1, -0.05) is 6.92 Å². The fraction of sp³-hybridized carbons (Fsp3) is 0.350. The molecule has 7 nitrogen and oxygen atoms in total. The van der Waals surface area contributed by atoms with Gasteiger partial charge in [0.1, 0.15) is 11.6 Å². The lowest BCUT2D eigenvalue weighted by Gasteiger charge is -2.20. The van der Waals surface area contributed by atoms with Gasteiger partial charge in [-0.3, -0.25) is 0 Å². The minimum absolute atomic E-state index is 0.106. The molecule has 1 unspecified atom stereocenters. The molecule has 0 amide bonds. The van der Waals surface area contributed by atoms with E-state index in [1.54, 1.807) is 6.07 Å². The first-order chi connectivity index (χ1) is 13.9. The molecule has 1 saturated heterocycles. The quantitative estimate of drug-likeness (QED) is 0.717. The number of benzene rings is 1. The molecule has 1 aliphatic heterocycles. The second kappa shape index (κ2) is 7.31. The van der Waals surface area contributed by atoms with Gasteiger partial charge in [-0.05, 0) is 18.4 Å². The van der Waals surface area contributed by atoms with E-state index < -0.39 is 17.2 Å². The van der Waals surface area contributed by atoms with Crippen LogP contribution >= 0.6 is 0 Å². The van der Waals surface area contributed by atoms with Crippen LogP contribution in [0, 0.1) is 17.6 Å². The van der Waals surface area contributed by atoms with E-state index >= 15 is 8.78 Å². The standard InChI is InChI=1S/C20H21F2N5O2/c1-10-4-5-27(9-10)20-11-6-15(23)24-8-12(11)25-19(26-20)16-17(21)13(28-2)7-14(29-3)18(16)22/h6-8,10H,4-5,9H2,1-3H3,(H2,23,24). The van der Waals surface area contributed by atoms with Crippen LogP contribution in [0.4, 0.5) is 20.4 Å². The maximum absolute atomic E-state index is 15.0. The molecule has 152 valence electrons. The Bertz CT molecular complexity index is 1060. The lowest BCUT2D eigenvalue weighted by molar-refractivity contribution is 0.359. The lowest BCUT2D eigenvalue weighted by atomic mass is 10.1. The van der Waals surface area contributed by atoms with Crippen molar-refractivity contribution >= 4 is 22.5 Å². The Morgan fingerprint density at radius 3 is 2.38 bits per heavy atom. The zero-order valence-electron chi connectivity index (χ0n) is 16.4. The van der Waals surface area contributed by atoms with Crippen molar-refractivity contribution in [3.63, 3.8) is 0 Å². The summed E-state index contributed by atoms with van der Waals surface area (Å²) < 4.78 is 40.1. The van der Waals surface area contributed by atoms with Crippen LogP contribution in [0.5, 0.6) is 11.5 Å². The van der Waals surface area contributed by atoms with Crippen LogP contribution in [0.25, 0.3) is 22.3 Å². The van der Waals surface area contributed by atoms with E-state index in [1.807, 2.05) is 0 Å². The predicted octanol–water partition coefficient (Wildman–Crippen LogP) is 3.42. The second-order valence-corrected chi connectivity index (χ2v) is 7.12.